The molecule has 4 aromatic rings. The molecule has 0 aliphatic carbocycles. The second-order valence-corrected chi connectivity index (χ2v) is 7.69. The van der Waals surface area contributed by atoms with Crippen molar-refractivity contribution in [2.75, 3.05) is 12.4 Å². The molecular formula is C22H21N3O2S. The summed E-state index contributed by atoms with van der Waals surface area (Å²) in [5.74, 6) is 0.661. The van der Waals surface area contributed by atoms with Gasteiger partial charge in [0, 0.05) is 22.8 Å². The molecule has 0 unspecified atom stereocenters. The Morgan fingerprint density at radius 1 is 1.11 bits per heavy atom. The number of hydrogen-bond acceptors (Lipinski definition) is 4. The highest BCUT2D eigenvalue weighted by molar-refractivity contribution is 7.15. The minimum absolute atomic E-state index is 0.139. The van der Waals surface area contributed by atoms with E-state index in [-0.39, 0.29) is 5.91 Å². The third-order valence-electron chi connectivity index (χ3n) is 4.74. The zero-order valence-corrected chi connectivity index (χ0v) is 17.1. The van der Waals surface area contributed by atoms with Crippen LogP contribution in [0.2, 0.25) is 0 Å². The molecule has 0 bridgehead atoms. The standard InChI is InChI=1S/C22H21N3O2S/c1-13-9-14(2)20(15(3)10-13)24-21(26)19-12-28-22-23-18(11-25(19)22)16-5-7-17(27-4)8-6-16/h5-12H,1-4H3,(H,24,26). The van der Waals surface area contributed by atoms with Crippen LogP contribution in [-0.4, -0.2) is 22.4 Å². The van der Waals surface area contributed by atoms with Crippen LogP contribution in [0.15, 0.2) is 48.0 Å². The fourth-order valence-electron chi connectivity index (χ4n) is 3.40. The molecule has 0 spiro atoms. The Kier molecular flexibility index (Phi) is 4.65. The average molecular weight is 391 g/mol. The van der Waals surface area contributed by atoms with Gasteiger partial charge in [0.25, 0.3) is 5.91 Å². The van der Waals surface area contributed by atoms with Gasteiger partial charge in [-0.15, -0.1) is 11.3 Å². The largest absolute Gasteiger partial charge is 0.497 e. The quantitative estimate of drug-likeness (QED) is 0.517. The third kappa shape index (κ3) is 3.27. The van der Waals surface area contributed by atoms with Crippen molar-refractivity contribution in [3.8, 4) is 17.0 Å². The number of nitrogens with zero attached hydrogens (tertiary/aromatic N) is 2. The number of rotatable bonds is 4. The number of ether oxygens (including phenoxy) is 1. The zero-order valence-electron chi connectivity index (χ0n) is 16.2. The van der Waals surface area contributed by atoms with Crippen molar-refractivity contribution in [1.29, 1.82) is 0 Å². The van der Waals surface area contributed by atoms with E-state index in [0.29, 0.717) is 5.69 Å². The molecule has 5 nitrogen and oxygen atoms in total. The molecule has 2 heterocycles. The van der Waals surface area contributed by atoms with E-state index in [1.165, 1.54) is 16.9 Å². The molecule has 0 fully saturated rings. The number of fused-ring (bicyclic) bond motifs is 1. The van der Waals surface area contributed by atoms with Crippen molar-refractivity contribution < 1.29 is 9.53 Å². The van der Waals surface area contributed by atoms with E-state index in [1.807, 2.05) is 54.1 Å². The smallest absolute Gasteiger partial charge is 0.273 e. The van der Waals surface area contributed by atoms with Crippen molar-refractivity contribution >= 4 is 27.9 Å². The molecule has 0 atom stereocenters. The number of amides is 1. The van der Waals surface area contributed by atoms with Gasteiger partial charge in [0.1, 0.15) is 11.4 Å². The van der Waals surface area contributed by atoms with E-state index in [2.05, 4.69) is 29.4 Å². The summed E-state index contributed by atoms with van der Waals surface area (Å²) in [4.78, 5) is 18.4. The second-order valence-electron chi connectivity index (χ2n) is 6.86. The van der Waals surface area contributed by atoms with Crippen molar-refractivity contribution in [3.05, 3.63) is 70.4 Å². The fourth-order valence-corrected chi connectivity index (χ4v) is 4.26. The van der Waals surface area contributed by atoms with Crippen molar-refractivity contribution in [1.82, 2.24) is 9.38 Å². The molecule has 2 aromatic carbocycles. The van der Waals surface area contributed by atoms with Crippen LogP contribution >= 0.6 is 11.3 Å². The number of benzene rings is 2. The topological polar surface area (TPSA) is 55.6 Å². The Bertz CT molecular complexity index is 1150. The van der Waals surface area contributed by atoms with Crippen LogP contribution in [0.5, 0.6) is 5.75 Å². The van der Waals surface area contributed by atoms with E-state index in [4.69, 9.17) is 4.74 Å². The number of thiazole rings is 1. The molecule has 28 heavy (non-hydrogen) atoms. The summed E-state index contributed by atoms with van der Waals surface area (Å²) >= 11 is 1.45. The van der Waals surface area contributed by atoms with Gasteiger partial charge in [-0.2, -0.15) is 0 Å². The van der Waals surface area contributed by atoms with Gasteiger partial charge in [0.05, 0.1) is 12.8 Å². The zero-order chi connectivity index (χ0) is 19.8. The number of aromatic nitrogens is 2. The van der Waals surface area contributed by atoms with Crippen molar-refractivity contribution in [3.63, 3.8) is 0 Å². The first-order valence-corrected chi connectivity index (χ1v) is 9.84. The number of carbonyl (C=O) groups is 1. The fraction of sp³-hybridized carbons (Fsp3) is 0.182. The van der Waals surface area contributed by atoms with Crippen LogP contribution in [0.3, 0.4) is 0 Å². The average Bonchev–Trinajstić information content (AvgIpc) is 3.25. The highest BCUT2D eigenvalue weighted by Gasteiger charge is 2.17. The van der Waals surface area contributed by atoms with Crippen LogP contribution in [0.25, 0.3) is 16.2 Å². The number of imidazole rings is 1. The molecular weight excluding hydrogens is 370 g/mol. The highest BCUT2D eigenvalue weighted by atomic mass is 32.1. The Balaban J connectivity index is 1.66. The first-order chi connectivity index (χ1) is 13.5. The maximum absolute atomic E-state index is 12.9. The normalized spacial score (nSPS) is 11.0. The first-order valence-electron chi connectivity index (χ1n) is 8.96. The maximum Gasteiger partial charge on any atom is 0.273 e. The minimum atomic E-state index is -0.139. The van der Waals surface area contributed by atoms with E-state index < -0.39 is 0 Å². The molecule has 0 saturated carbocycles. The summed E-state index contributed by atoms with van der Waals surface area (Å²) in [6, 6.07) is 11.9. The van der Waals surface area contributed by atoms with E-state index in [9.17, 15) is 4.79 Å². The number of methoxy groups -OCH3 is 1. The molecule has 4 rings (SSSR count). The maximum atomic E-state index is 12.9. The predicted molar refractivity (Wildman–Crippen MR) is 114 cm³/mol. The van der Waals surface area contributed by atoms with Crippen LogP contribution in [0.4, 0.5) is 5.69 Å². The Labute approximate surface area is 167 Å². The summed E-state index contributed by atoms with van der Waals surface area (Å²) in [6.07, 6.45) is 1.90. The molecule has 0 aliphatic rings. The first kappa shape index (κ1) is 18.3. The Morgan fingerprint density at radius 3 is 2.43 bits per heavy atom. The number of hydrogen-bond donors (Lipinski definition) is 1. The lowest BCUT2D eigenvalue weighted by atomic mass is 10.1. The van der Waals surface area contributed by atoms with Gasteiger partial charge in [0.15, 0.2) is 4.96 Å². The Hall–Kier alpha value is -3.12. The molecule has 0 saturated heterocycles. The van der Waals surface area contributed by atoms with Gasteiger partial charge >= 0.3 is 0 Å². The second kappa shape index (κ2) is 7.13. The lowest BCUT2D eigenvalue weighted by Crippen LogP contribution is -2.15. The van der Waals surface area contributed by atoms with Crippen molar-refractivity contribution in [2.24, 2.45) is 0 Å². The van der Waals surface area contributed by atoms with Gasteiger partial charge in [-0.1, -0.05) is 17.7 Å². The number of nitrogens with one attached hydrogen (secondary N) is 1. The summed E-state index contributed by atoms with van der Waals surface area (Å²) in [5.41, 5.74) is 6.55. The van der Waals surface area contributed by atoms with Crippen LogP contribution in [0.1, 0.15) is 27.2 Å². The van der Waals surface area contributed by atoms with Crippen LogP contribution < -0.4 is 10.1 Å². The summed E-state index contributed by atoms with van der Waals surface area (Å²) in [7, 11) is 1.64. The van der Waals surface area contributed by atoms with Gasteiger partial charge in [-0.05, 0) is 56.2 Å². The molecule has 1 amide bonds. The Morgan fingerprint density at radius 2 is 1.79 bits per heavy atom. The number of carbonyl (C=O) groups excluding carboxylic acids is 1. The molecule has 6 heteroatoms. The van der Waals surface area contributed by atoms with Crippen molar-refractivity contribution in [2.45, 2.75) is 20.8 Å². The van der Waals surface area contributed by atoms with Crippen LogP contribution in [-0.2, 0) is 0 Å². The lowest BCUT2D eigenvalue weighted by Gasteiger charge is -2.12. The molecule has 0 aliphatic heterocycles. The molecule has 2 aromatic heterocycles. The predicted octanol–water partition coefficient (Wildman–Crippen LogP) is 5.25. The van der Waals surface area contributed by atoms with E-state index in [0.717, 1.165) is 38.8 Å². The monoisotopic (exact) mass is 391 g/mol. The minimum Gasteiger partial charge on any atom is -0.497 e. The van der Waals surface area contributed by atoms with Gasteiger partial charge < -0.3 is 10.1 Å². The molecule has 142 valence electrons. The highest BCUT2D eigenvalue weighted by Crippen LogP contribution is 2.27. The lowest BCUT2D eigenvalue weighted by molar-refractivity contribution is 0.102. The summed E-state index contributed by atoms with van der Waals surface area (Å²) in [5, 5.41) is 4.91. The molecule has 1 N–H and O–H groups in total. The number of aryl methyl sites for hydroxylation is 3. The summed E-state index contributed by atoms with van der Waals surface area (Å²) in [6.45, 7) is 6.08. The molecule has 0 radical (unpaired) electrons. The van der Waals surface area contributed by atoms with Gasteiger partial charge in [-0.3, -0.25) is 9.20 Å². The van der Waals surface area contributed by atoms with E-state index >= 15 is 0 Å². The van der Waals surface area contributed by atoms with E-state index in [1.54, 1.807) is 7.11 Å². The third-order valence-corrected chi connectivity index (χ3v) is 5.58. The number of anilines is 1. The van der Waals surface area contributed by atoms with Gasteiger partial charge in [-0.25, -0.2) is 4.98 Å². The summed E-state index contributed by atoms with van der Waals surface area (Å²) < 4.78 is 7.05. The van der Waals surface area contributed by atoms with Crippen LogP contribution in [0, 0.1) is 20.8 Å². The SMILES string of the molecule is COc1ccc(-c2cn3c(C(=O)Nc4c(C)cc(C)cc4C)csc3n2)cc1. The van der Waals surface area contributed by atoms with Gasteiger partial charge in [0.2, 0.25) is 0 Å².